The molecular weight excluding hydrogens is 276 g/mol. The molecular formula is C14H17ClN4O. The SMILES string of the molecule is CCNCc1cn(CC(=O)Nc2ccc(Cl)cc2)cn1. The van der Waals surface area contributed by atoms with Crippen molar-refractivity contribution in [3.8, 4) is 0 Å². The van der Waals surface area contributed by atoms with Crippen molar-refractivity contribution < 1.29 is 4.79 Å². The number of imidazole rings is 1. The van der Waals surface area contributed by atoms with Crippen LogP contribution in [0.4, 0.5) is 5.69 Å². The van der Waals surface area contributed by atoms with Crippen molar-refractivity contribution in [2.75, 3.05) is 11.9 Å². The highest BCUT2D eigenvalue weighted by Gasteiger charge is 2.05. The van der Waals surface area contributed by atoms with Crippen molar-refractivity contribution in [3.63, 3.8) is 0 Å². The van der Waals surface area contributed by atoms with Gasteiger partial charge in [0.1, 0.15) is 6.54 Å². The normalized spacial score (nSPS) is 10.5. The Bertz CT molecular complexity index is 565. The molecule has 0 bridgehead atoms. The minimum absolute atomic E-state index is 0.0975. The number of carbonyl (C=O) groups is 1. The van der Waals surface area contributed by atoms with Crippen LogP contribution >= 0.6 is 11.6 Å². The Kier molecular flexibility index (Phi) is 5.15. The van der Waals surface area contributed by atoms with E-state index in [1.807, 2.05) is 13.1 Å². The third kappa shape index (κ3) is 4.36. The van der Waals surface area contributed by atoms with Gasteiger partial charge in [0.05, 0.1) is 12.0 Å². The second-order valence-corrected chi connectivity index (χ2v) is 4.81. The van der Waals surface area contributed by atoms with E-state index in [1.54, 1.807) is 35.2 Å². The second-order valence-electron chi connectivity index (χ2n) is 4.37. The number of hydrogen-bond acceptors (Lipinski definition) is 3. The van der Waals surface area contributed by atoms with Gasteiger partial charge in [0.2, 0.25) is 5.91 Å². The van der Waals surface area contributed by atoms with Crippen LogP contribution in [0.25, 0.3) is 0 Å². The molecule has 2 N–H and O–H groups in total. The van der Waals surface area contributed by atoms with Gasteiger partial charge in [0.25, 0.3) is 0 Å². The largest absolute Gasteiger partial charge is 0.328 e. The summed E-state index contributed by atoms with van der Waals surface area (Å²) < 4.78 is 1.76. The Morgan fingerprint density at radius 1 is 1.35 bits per heavy atom. The minimum Gasteiger partial charge on any atom is -0.328 e. The van der Waals surface area contributed by atoms with E-state index < -0.39 is 0 Å². The van der Waals surface area contributed by atoms with Crippen molar-refractivity contribution in [3.05, 3.63) is 47.5 Å². The first-order valence-electron chi connectivity index (χ1n) is 6.44. The molecule has 1 heterocycles. The third-order valence-corrected chi connectivity index (χ3v) is 2.95. The standard InChI is InChI=1S/C14H17ClN4O/c1-2-16-7-13-8-19(10-17-13)9-14(20)18-12-5-3-11(15)4-6-12/h3-6,8,10,16H,2,7,9H2,1H3,(H,18,20). The first kappa shape index (κ1) is 14.6. The number of nitrogens with one attached hydrogen (secondary N) is 2. The summed E-state index contributed by atoms with van der Waals surface area (Å²) >= 11 is 5.79. The smallest absolute Gasteiger partial charge is 0.244 e. The summed E-state index contributed by atoms with van der Waals surface area (Å²) in [7, 11) is 0. The molecule has 0 aliphatic rings. The van der Waals surface area contributed by atoms with E-state index in [-0.39, 0.29) is 12.5 Å². The molecule has 106 valence electrons. The number of aromatic nitrogens is 2. The molecule has 0 spiro atoms. The molecule has 0 fully saturated rings. The van der Waals surface area contributed by atoms with Crippen molar-refractivity contribution in [2.24, 2.45) is 0 Å². The van der Waals surface area contributed by atoms with Gasteiger partial charge >= 0.3 is 0 Å². The minimum atomic E-state index is -0.0975. The number of halogens is 1. The summed E-state index contributed by atoms with van der Waals surface area (Å²) in [5.41, 5.74) is 1.65. The summed E-state index contributed by atoms with van der Waals surface area (Å²) in [4.78, 5) is 16.1. The lowest BCUT2D eigenvalue weighted by Gasteiger charge is -2.05. The zero-order valence-electron chi connectivity index (χ0n) is 11.3. The summed E-state index contributed by atoms with van der Waals surface area (Å²) in [6.45, 7) is 3.88. The Hall–Kier alpha value is -1.85. The summed E-state index contributed by atoms with van der Waals surface area (Å²) in [5, 5.41) is 6.64. The average molecular weight is 293 g/mol. The number of carbonyl (C=O) groups excluding carboxylic acids is 1. The molecule has 0 aliphatic heterocycles. The van der Waals surface area contributed by atoms with Crippen LogP contribution in [0.15, 0.2) is 36.8 Å². The Morgan fingerprint density at radius 2 is 2.10 bits per heavy atom. The zero-order chi connectivity index (χ0) is 14.4. The quantitative estimate of drug-likeness (QED) is 0.859. The Labute approximate surface area is 123 Å². The Balaban J connectivity index is 1.87. The first-order chi connectivity index (χ1) is 9.67. The van der Waals surface area contributed by atoms with Crippen molar-refractivity contribution in [1.82, 2.24) is 14.9 Å². The first-order valence-corrected chi connectivity index (χ1v) is 6.82. The molecule has 0 unspecified atom stereocenters. The van der Waals surface area contributed by atoms with Crippen LogP contribution in [0.3, 0.4) is 0 Å². The number of benzene rings is 1. The van der Waals surface area contributed by atoms with Crippen LogP contribution in [0.1, 0.15) is 12.6 Å². The molecule has 0 saturated heterocycles. The highest BCUT2D eigenvalue weighted by molar-refractivity contribution is 6.30. The maximum absolute atomic E-state index is 11.9. The van der Waals surface area contributed by atoms with E-state index in [9.17, 15) is 4.79 Å². The molecule has 0 saturated carbocycles. The van der Waals surface area contributed by atoms with Gasteiger partial charge < -0.3 is 15.2 Å². The number of hydrogen-bond donors (Lipinski definition) is 2. The van der Waals surface area contributed by atoms with Gasteiger partial charge in [-0.15, -0.1) is 0 Å². The molecule has 1 amide bonds. The van der Waals surface area contributed by atoms with Gasteiger partial charge in [-0.05, 0) is 30.8 Å². The van der Waals surface area contributed by atoms with Crippen LogP contribution in [-0.2, 0) is 17.9 Å². The molecule has 2 rings (SSSR count). The third-order valence-electron chi connectivity index (χ3n) is 2.70. The predicted octanol–water partition coefficient (Wildman–Crippen LogP) is 2.28. The van der Waals surface area contributed by atoms with E-state index in [2.05, 4.69) is 15.6 Å². The van der Waals surface area contributed by atoms with Gasteiger partial charge in [-0.3, -0.25) is 4.79 Å². The van der Waals surface area contributed by atoms with Gasteiger partial charge in [0, 0.05) is 23.5 Å². The van der Waals surface area contributed by atoms with Crippen molar-refractivity contribution in [2.45, 2.75) is 20.0 Å². The van der Waals surface area contributed by atoms with E-state index in [4.69, 9.17) is 11.6 Å². The van der Waals surface area contributed by atoms with E-state index in [1.165, 1.54) is 0 Å². The lowest BCUT2D eigenvalue weighted by Crippen LogP contribution is -2.18. The molecule has 0 atom stereocenters. The maximum atomic E-state index is 11.9. The van der Waals surface area contributed by atoms with Crippen LogP contribution in [-0.4, -0.2) is 22.0 Å². The van der Waals surface area contributed by atoms with Gasteiger partial charge in [-0.25, -0.2) is 4.98 Å². The highest BCUT2D eigenvalue weighted by atomic mass is 35.5. The topological polar surface area (TPSA) is 59.0 Å². The Morgan fingerprint density at radius 3 is 2.80 bits per heavy atom. The summed E-state index contributed by atoms with van der Waals surface area (Å²) in [5.74, 6) is -0.0975. The molecule has 5 nitrogen and oxygen atoms in total. The predicted molar refractivity (Wildman–Crippen MR) is 79.7 cm³/mol. The molecule has 2 aromatic rings. The molecule has 1 aromatic carbocycles. The fourth-order valence-electron chi connectivity index (χ4n) is 1.74. The van der Waals surface area contributed by atoms with Crippen LogP contribution in [0, 0.1) is 0 Å². The zero-order valence-corrected chi connectivity index (χ0v) is 12.0. The molecule has 20 heavy (non-hydrogen) atoms. The fourth-order valence-corrected chi connectivity index (χ4v) is 1.86. The van der Waals surface area contributed by atoms with Crippen LogP contribution in [0.5, 0.6) is 0 Å². The molecule has 0 radical (unpaired) electrons. The summed E-state index contributed by atoms with van der Waals surface area (Å²) in [6, 6.07) is 7.02. The van der Waals surface area contributed by atoms with Gasteiger partial charge in [-0.1, -0.05) is 18.5 Å². The van der Waals surface area contributed by atoms with Gasteiger partial charge in [0.15, 0.2) is 0 Å². The number of amides is 1. The second kappa shape index (κ2) is 7.07. The lowest BCUT2D eigenvalue weighted by atomic mass is 10.3. The van der Waals surface area contributed by atoms with E-state index in [0.29, 0.717) is 11.6 Å². The van der Waals surface area contributed by atoms with Crippen LogP contribution < -0.4 is 10.6 Å². The summed E-state index contributed by atoms with van der Waals surface area (Å²) in [6.07, 6.45) is 3.53. The average Bonchev–Trinajstić information content (AvgIpc) is 2.86. The monoisotopic (exact) mass is 292 g/mol. The highest BCUT2D eigenvalue weighted by Crippen LogP contribution is 2.13. The van der Waals surface area contributed by atoms with Gasteiger partial charge in [-0.2, -0.15) is 0 Å². The molecule has 1 aromatic heterocycles. The van der Waals surface area contributed by atoms with Crippen molar-refractivity contribution >= 4 is 23.2 Å². The molecule has 6 heteroatoms. The number of nitrogens with zero attached hydrogens (tertiary/aromatic N) is 2. The van der Waals surface area contributed by atoms with E-state index in [0.717, 1.165) is 17.9 Å². The fraction of sp³-hybridized carbons (Fsp3) is 0.286. The number of rotatable bonds is 6. The van der Waals surface area contributed by atoms with Crippen LogP contribution in [0.2, 0.25) is 5.02 Å². The number of anilines is 1. The molecule has 0 aliphatic carbocycles. The maximum Gasteiger partial charge on any atom is 0.244 e. The van der Waals surface area contributed by atoms with E-state index >= 15 is 0 Å². The van der Waals surface area contributed by atoms with Crippen molar-refractivity contribution in [1.29, 1.82) is 0 Å². The lowest BCUT2D eigenvalue weighted by molar-refractivity contribution is -0.116.